The number of hydrogen-bond donors (Lipinski definition) is 3. The molecule has 0 saturated carbocycles. The van der Waals surface area contributed by atoms with Crippen molar-refractivity contribution in [3.05, 3.63) is 0 Å². The summed E-state index contributed by atoms with van der Waals surface area (Å²) in [6, 6.07) is 0. The second-order valence-electron chi connectivity index (χ2n) is 10.6. The lowest BCUT2D eigenvalue weighted by molar-refractivity contribution is -0.873. The van der Waals surface area contributed by atoms with Gasteiger partial charge in [-0.15, -0.1) is 0 Å². The van der Waals surface area contributed by atoms with Crippen molar-refractivity contribution in [3.8, 4) is 0 Å². The lowest BCUT2D eigenvalue weighted by Crippen LogP contribution is -2.57. The molecule has 0 aromatic rings. The van der Waals surface area contributed by atoms with E-state index < -0.39 is 31.4 Å². The Bertz CT molecular complexity index is 572. The molecule has 0 spiro atoms. The Labute approximate surface area is 201 Å². The highest BCUT2D eigenvalue weighted by atomic mass is 31.2. The fraction of sp³-hybridized carbons (Fsp3) is 0.958. The van der Waals surface area contributed by atoms with Crippen LogP contribution in [0.1, 0.15) is 104 Å². The van der Waals surface area contributed by atoms with Crippen LogP contribution in [0.3, 0.4) is 0 Å². The number of ketones is 1. The molecule has 9 heteroatoms. The van der Waals surface area contributed by atoms with Crippen LogP contribution in [0.15, 0.2) is 0 Å². The highest BCUT2D eigenvalue weighted by Crippen LogP contribution is 2.36. The van der Waals surface area contributed by atoms with Crippen LogP contribution in [0.25, 0.3) is 0 Å². The van der Waals surface area contributed by atoms with Crippen LogP contribution in [-0.4, -0.2) is 70.9 Å². The fourth-order valence-electron chi connectivity index (χ4n) is 3.99. The maximum atomic E-state index is 12.6. The van der Waals surface area contributed by atoms with Gasteiger partial charge >= 0.3 is 0 Å². The molecule has 0 aromatic heterocycles. The number of Topliss-reactive ketones (excluding diaryl/α,β-unsaturated/α-hetero) is 1. The van der Waals surface area contributed by atoms with Crippen LogP contribution >= 0.6 is 7.82 Å². The van der Waals surface area contributed by atoms with Crippen LogP contribution in [0, 0.1) is 0 Å². The van der Waals surface area contributed by atoms with Crippen molar-refractivity contribution in [2.24, 2.45) is 0 Å². The minimum Gasteiger partial charge on any atom is -0.756 e. The third kappa shape index (κ3) is 16.8. The minimum absolute atomic E-state index is 0.0316. The standard InChI is InChI=1S/C24H50NO7P/c1-6-7-8-9-10-11-12-13-14-15-16-17-18-19-22(26)24(2,28)23(27)21(20-25(3,4)5)32-33(29,30)31/h21,23,27-28H,6-20H2,1-5H3,(H-,29,30,31). The molecular weight excluding hydrogens is 445 g/mol. The van der Waals surface area contributed by atoms with Crippen molar-refractivity contribution >= 4 is 13.6 Å². The second kappa shape index (κ2) is 16.4. The van der Waals surface area contributed by atoms with Crippen LogP contribution in [0.4, 0.5) is 0 Å². The van der Waals surface area contributed by atoms with Gasteiger partial charge in [-0.1, -0.05) is 84.0 Å². The number of hydrogen-bond acceptors (Lipinski definition) is 6. The molecule has 0 radical (unpaired) electrons. The molecule has 198 valence electrons. The number of likely N-dealkylation sites (N-methyl/N-ethyl adjacent to an activating group) is 1. The molecule has 0 aliphatic rings. The molecule has 0 rings (SSSR count). The molecule has 33 heavy (non-hydrogen) atoms. The number of aliphatic hydroxyl groups excluding tert-OH is 1. The average molecular weight is 496 g/mol. The van der Waals surface area contributed by atoms with Crippen molar-refractivity contribution < 1.29 is 38.4 Å². The molecule has 0 aliphatic carbocycles. The largest absolute Gasteiger partial charge is 0.756 e. The van der Waals surface area contributed by atoms with E-state index in [1.165, 1.54) is 64.7 Å². The van der Waals surface area contributed by atoms with Gasteiger partial charge in [0.15, 0.2) is 5.78 Å². The molecule has 0 amide bonds. The molecule has 0 aromatic carbocycles. The summed E-state index contributed by atoms with van der Waals surface area (Å²) in [6.45, 7) is 3.37. The number of rotatable bonds is 21. The predicted octanol–water partition coefficient (Wildman–Crippen LogP) is 3.70. The number of carbonyl (C=O) groups excluding carboxylic acids is 1. The van der Waals surface area contributed by atoms with E-state index in [0.29, 0.717) is 6.42 Å². The monoisotopic (exact) mass is 495 g/mol. The summed E-state index contributed by atoms with van der Waals surface area (Å²) in [7, 11) is 0.0542. The third-order valence-corrected chi connectivity index (χ3v) is 6.53. The summed E-state index contributed by atoms with van der Waals surface area (Å²) in [5, 5.41) is 21.2. The van der Waals surface area contributed by atoms with Gasteiger partial charge in [0, 0.05) is 6.42 Å². The molecule has 4 unspecified atom stereocenters. The predicted molar refractivity (Wildman–Crippen MR) is 130 cm³/mol. The number of phosphoric ester groups is 1. The van der Waals surface area contributed by atoms with Gasteiger partial charge in [-0.2, -0.15) is 0 Å². The Balaban J connectivity index is 4.26. The van der Waals surface area contributed by atoms with E-state index in [4.69, 9.17) is 4.89 Å². The van der Waals surface area contributed by atoms with Crippen LogP contribution < -0.4 is 4.89 Å². The smallest absolute Gasteiger partial charge is 0.265 e. The zero-order valence-electron chi connectivity index (χ0n) is 21.6. The van der Waals surface area contributed by atoms with Crippen molar-refractivity contribution in [3.63, 3.8) is 0 Å². The second-order valence-corrected chi connectivity index (χ2v) is 11.7. The quantitative estimate of drug-likeness (QED) is 0.126. The summed E-state index contributed by atoms with van der Waals surface area (Å²) in [4.78, 5) is 32.8. The van der Waals surface area contributed by atoms with E-state index in [2.05, 4.69) is 11.4 Å². The number of unbranched alkanes of at least 4 members (excludes halogenated alkanes) is 12. The number of phosphoric acid groups is 1. The normalized spacial score (nSPS) is 17.8. The minimum atomic E-state index is -5.16. The summed E-state index contributed by atoms with van der Waals surface area (Å²) >= 11 is 0. The lowest BCUT2D eigenvalue weighted by Gasteiger charge is -2.38. The fourth-order valence-corrected chi connectivity index (χ4v) is 4.51. The molecule has 0 heterocycles. The molecule has 4 atom stereocenters. The van der Waals surface area contributed by atoms with Crippen LogP contribution in [0.5, 0.6) is 0 Å². The molecule has 8 nitrogen and oxygen atoms in total. The van der Waals surface area contributed by atoms with Crippen molar-refractivity contribution in [2.75, 3.05) is 27.7 Å². The maximum absolute atomic E-state index is 12.6. The Kier molecular flexibility index (Phi) is 16.2. The van der Waals surface area contributed by atoms with E-state index in [0.717, 1.165) is 19.3 Å². The highest BCUT2D eigenvalue weighted by Gasteiger charge is 2.45. The van der Waals surface area contributed by atoms with Crippen LogP contribution in [0.2, 0.25) is 0 Å². The topological polar surface area (TPSA) is 127 Å². The Morgan fingerprint density at radius 3 is 1.70 bits per heavy atom. The number of aliphatic hydroxyl groups is 2. The first-order valence-corrected chi connectivity index (χ1v) is 14.2. The number of nitrogens with zero attached hydrogens (tertiary/aromatic N) is 1. The highest BCUT2D eigenvalue weighted by molar-refractivity contribution is 7.44. The van der Waals surface area contributed by atoms with Crippen molar-refractivity contribution in [2.45, 2.75) is 122 Å². The zero-order chi connectivity index (χ0) is 25.5. The van der Waals surface area contributed by atoms with E-state index in [-0.39, 0.29) is 17.4 Å². The van der Waals surface area contributed by atoms with Gasteiger partial charge in [0.2, 0.25) is 0 Å². The Hall–Kier alpha value is -0.340. The van der Waals surface area contributed by atoms with Gasteiger partial charge in [0.05, 0.1) is 21.1 Å². The molecular formula is C24H50NO7P. The van der Waals surface area contributed by atoms with E-state index >= 15 is 0 Å². The third-order valence-electron chi connectivity index (χ3n) is 6.00. The van der Waals surface area contributed by atoms with Gasteiger partial charge in [-0.25, -0.2) is 0 Å². The van der Waals surface area contributed by atoms with E-state index in [1.807, 2.05) is 0 Å². The molecule has 0 saturated heterocycles. The first-order chi connectivity index (χ1) is 15.2. The summed E-state index contributed by atoms with van der Waals surface area (Å²) in [5.41, 5.74) is -2.17. The van der Waals surface area contributed by atoms with Crippen LogP contribution in [-0.2, 0) is 13.9 Å². The molecule has 3 N–H and O–H groups in total. The molecule has 0 bridgehead atoms. The molecule has 0 aliphatic heterocycles. The van der Waals surface area contributed by atoms with E-state index in [1.54, 1.807) is 21.1 Å². The van der Waals surface area contributed by atoms with Gasteiger partial charge in [-0.3, -0.25) is 9.36 Å². The van der Waals surface area contributed by atoms with Gasteiger partial charge in [-0.05, 0) is 13.3 Å². The maximum Gasteiger partial charge on any atom is 0.265 e. The average Bonchev–Trinajstić information content (AvgIpc) is 2.68. The Morgan fingerprint density at radius 2 is 1.33 bits per heavy atom. The van der Waals surface area contributed by atoms with Gasteiger partial charge in [0.1, 0.15) is 24.4 Å². The Morgan fingerprint density at radius 1 is 0.939 bits per heavy atom. The van der Waals surface area contributed by atoms with Crippen molar-refractivity contribution in [1.29, 1.82) is 0 Å². The summed E-state index contributed by atoms with van der Waals surface area (Å²) in [6.07, 6.45) is 12.1. The summed E-state index contributed by atoms with van der Waals surface area (Å²) in [5.74, 6) is -0.563. The number of carbonyl (C=O) groups is 1. The zero-order valence-corrected chi connectivity index (χ0v) is 22.5. The summed E-state index contributed by atoms with van der Waals surface area (Å²) < 4.78 is 16.0. The number of quaternary nitrogens is 1. The van der Waals surface area contributed by atoms with Gasteiger partial charge in [0.25, 0.3) is 7.82 Å². The first-order valence-electron chi connectivity index (χ1n) is 12.7. The van der Waals surface area contributed by atoms with E-state index in [9.17, 15) is 24.5 Å². The van der Waals surface area contributed by atoms with Gasteiger partial charge < -0.3 is 29.0 Å². The van der Waals surface area contributed by atoms with Crippen molar-refractivity contribution in [1.82, 2.24) is 0 Å². The molecule has 0 fully saturated rings. The lowest BCUT2D eigenvalue weighted by atomic mass is 9.87. The SMILES string of the molecule is CCCCCCCCCCCCCCCC(=O)C(C)(O)C(O)C(C[N+](C)(C)C)OP(=O)([O-])O. The first kappa shape index (κ1) is 32.7.